The fraction of sp³-hybridized carbons (Fsp3) is 0.333. The second-order valence-electron chi connectivity index (χ2n) is 4.16. The first kappa shape index (κ1) is 17.1. The SMILES string of the molecule is CC(=O)NC(CNc1ccc(Cl)cc1C(F)(F)F)C(=O)O. The molecule has 1 aromatic carbocycles. The van der Waals surface area contributed by atoms with Crippen molar-refractivity contribution < 1.29 is 27.9 Å². The second-order valence-corrected chi connectivity index (χ2v) is 4.60. The zero-order valence-electron chi connectivity index (χ0n) is 10.8. The highest BCUT2D eigenvalue weighted by atomic mass is 35.5. The van der Waals surface area contributed by atoms with E-state index in [4.69, 9.17) is 16.7 Å². The van der Waals surface area contributed by atoms with Gasteiger partial charge in [-0.05, 0) is 18.2 Å². The van der Waals surface area contributed by atoms with Crippen LogP contribution in [-0.4, -0.2) is 29.6 Å². The molecule has 0 saturated carbocycles. The molecule has 0 aliphatic heterocycles. The third-order valence-electron chi connectivity index (χ3n) is 2.46. The lowest BCUT2D eigenvalue weighted by molar-refractivity contribution is -0.141. The van der Waals surface area contributed by atoms with Gasteiger partial charge < -0.3 is 15.7 Å². The molecule has 0 heterocycles. The molecule has 0 fully saturated rings. The van der Waals surface area contributed by atoms with Gasteiger partial charge in [-0.2, -0.15) is 13.2 Å². The molecule has 0 radical (unpaired) electrons. The number of nitrogens with one attached hydrogen (secondary N) is 2. The van der Waals surface area contributed by atoms with Crippen molar-refractivity contribution in [3.05, 3.63) is 28.8 Å². The molecule has 1 atom stereocenters. The summed E-state index contributed by atoms with van der Waals surface area (Å²) in [5.74, 6) is -1.96. The van der Waals surface area contributed by atoms with Crippen molar-refractivity contribution in [2.75, 3.05) is 11.9 Å². The first-order valence-corrected chi connectivity index (χ1v) is 6.09. The van der Waals surface area contributed by atoms with Crippen LogP contribution in [0.4, 0.5) is 18.9 Å². The van der Waals surface area contributed by atoms with Crippen LogP contribution in [0, 0.1) is 0 Å². The molecule has 116 valence electrons. The lowest BCUT2D eigenvalue weighted by Gasteiger charge is -2.18. The highest BCUT2D eigenvalue weighted by Crippen LogP contribution is 2.36. The number of anilines is 1. The topological polar surface area (TPSA) is 78.4 Å². The van der Waals surface area contributed by atoms with Crippen LogP contribution in [-0.2, 0) is 15.8 Å². The van der Waals surface area contributed by atoms with Gasteiger partial charge in [0.25, 0.3) is 0 Å². The number of hydrogen-bond acceptors (Lipinski definition) is 3. The summed E-state index contributed by atoms with van der Waals surface area (Å²) < 4.78 is 38.5. The van der Waals surface area contributed by atoms with Crippen LogP contribution in [0.5, 0.6) is 0 Å². The zero-order valence-corrected chi connectivity index (χ0v) is 11.5. The molecular weight excluding hydrogens is 313 g/mol. The molecule has 21 heavy (non-hydrogen) atoms. The van der Waals surface area contributed by atoms with Crippen LogP contribution in [0.1, 0.15) is 12.5 Å². The molecule has 1 amide bonds. The fourth-order valence-electron chi connectivity index (χ4n) is 1.56. The summed E-state index contributed by atoms with van der Waals surface area (Å²) in [6, 6.07) is 1.72. The van der Waals surface area contributed by atoms with E-state index in [9.17, 15) is 22.8 Å². The van der Waals surface area contributed by atoms with Gasteiger partial charge in [0.1, 0.15) is 6.04 Å². The van der Waals surface area contributed by atoms with E-state index in [0.717, 1.165) is 19.1 Å². The van der Waals surface area contributed by atoms with Crippen molar-refractivity contribution in [2.45, 2.75) is 19.1 Å². The van der Waals surface area contributed by atoms with Crippen LogP contribution in [0.2, 0.25) is 5.02 Å². The molecular formula is C12H12ClF3N2O3. The standard InChI is InChI=1S/C12H12ClF3N2O3/c1-6(19)18-10(11(20)21)5-17-9-3-2-7(13)4-8(9)12(14,15)16/h2-4,10,17H,5H2,1H3,(H,18,19)(H,20,21). The van der Waals surface area contributed by atoms with Crippen LogP contribution < -0.4 is 10.6 Å². The predicted octanol–water partition coefficient (Wildman–Crippen LogP) is 2.36. The molecule has 1 aromatic rings. The van der Waals surface area contributed by atoms with Gasteiger partial charge in [-0.15, -0.1) is 0 Å². The van der Waals surface area contributed by atoms with Crippen molar-refractivity contribution in [1.82, 2.24) is 5.32 Å². The molecule has 0 aromatic heterocycles. The number of amides is 1. The predicted molar refractivity (Wildman–Crippen MR) is 70.2 cm³/mol. The van der Waals surface area contributed by atoms with Gasteiger partial charge in [0, 0.05) is 24.2 Å². The van der Waals surface area contributed by atoms with Crippen molar-refractivity contribution in [3.8, 4) is 0 Å². The van der Waals surface area contributed by atoms with Crippen molar-refractivity contribution >= 4 is 29.2 Å². The molecule has 0 saturated heterocycles. The third-order valence-corrected chi connectivity index (χ3v) is 2.69. The Morgan fingerprint density at radius 2 is 2.00 bits per heavy atom. The van der Waals surface area contributed by atoms with Crippen molar-refractivity contribution in [1.29, 1.82) is 0 Å². The minimum Gasteiger partial charge on any atom is -0.480 e. The first-order chi connectivity index (χ1) is 9.61. The average Bonchev–Trinajstić information content (AvgIpc) is 2.33. The number of carbonyl (C=O) groups is 2. The Morgan fingerprint density at radius 1 is 1.38 bits per heavy atom. The van der Waals surface area contributed by atoms with Crippen molar-refractivity contribution in [3.63, 3.8) is 0 Å². The summed E-state index contributed by atoms with van der Waals surface area (Å²) in [5.41, 5.74) is -1.33. The van der Waals surface area contributed by atoms with E-state index in [2.05, 4.69) is 10.6 Å². The molecule has 5 nitrogen and oxygen atoms in total. The lowest BCUT2D eigenvalue weighted by atomic mass is 10.1. The van der Waals surface area contributed by atoms with E-state index in [1.165, 1.54) is 6.07 Å². The van der Waals surface area contributed by atoms with Gasteiger partial charge in [-0.1, -0.05) is 11.6 Å². The summed E-state index contributed by atoms with van der Waals surface area (Å²) in [6.07, 6.45) is -4.64. The van der Waals surface area contributed by atoms with Crippen LogP contribution in [0.15, 0.2) is 18.2 Å². The fourth-order valence-corrected chi connectivity index (χ4v) is 1.73. The highest BCUT2D eigenvalue weighted by molar-refractivity contribution is 6.30. The molecule has 0 spiro atoms. The molecule has 0 aliphatic carbocycles. The molecule has 9 heteroatoms. The van der Waals surface area contributed by atoms with Crippen LogP contribution >= 0.6 is 11.6 Å². The maximum atomic E-state index is 12.8. The Bertz CT molecular complexity index is 549. The number of carboxylic acid groups (broad SMARTS) is 1. The number of benzene rings is 1. The van der Waals surface area contributed by atoms with Gasteiger partial charge in [-0.25, -0.2) is 4.79 Å². The number of halogens is 4. The molecule has 0 bridgehead atoms. The monoisotopic (exact) mass is 324 g/mol. The summed E-state index contributed by atoms with van der Waals surface area (Å²) in [5, 5.41) is 13.3. The van der Waals surface area contributed by atoms with E-state index in [1.54, 1.807) is 0 Å². The van der Waals surface area contributed by atoms with Gasteiger partial charge in [-0.3, -0.25) is 4.79 Å². The zero-order chi connectivity index (χ0) is 16.2. The van der Waals surface area contributed by atoms with Gasteiger partial charge in [0.05, 0.1) is 5.56 Å². The highest BCUT2D eigenvalue weighted by Gasteiger charge is 2.34. The first-order valence-electron chi connectivity index (χ1n) is 5.71. The molecule has 1 rings (SSSR count). The van der Waals surface area contributed by atoms with Gasteiger partial charge >= 0.3 is 12.1 Å². The van der Waals surface area contributed by atoms with E-state index in [1.807, 2.05) is 0 Å². The van der Waals surface area contributed by atoms with E-state index in [0.29, 0.717) is 0 Å². The summed E-state index contributed by atoms with van der Waals surface area (Å²) in [4.78, 5) is 21.7. The number of carboxylic acids is 1. The van der Waals surface area contributed by atoms with E-state index in [-0.39, 0.29) is 10.7 Å². The molecule has 1 unspecified atom stereocenters. The summed E-state index contributed by atoms with van der Waals surface area (Å²) >= 11 is 5.53. The number of rotatable bonds is 5. The minimum atomic E-state index is -4.64. The number of carbonyl (C=O) groups excluding carboxylic acids is 1. The average molecular weight is 325 g/mol. The summed E-state index contributed by atoms with van der Waals surface area (Å²) in [6.45, 7) is 0.707. The normalized spacial score (nSPS) is 12.6. The largest absolute Gasteiger partial charge is 0.480 e. The maximum absolute atomic E-state index is 12.8. The Kier molecular flexibility index (Phi) is 5.42. The molecule has 0 aliphatic rings. The third kappa shape index (κ3) is 5.14. The van der Waals surface area contributed by atoms with Crippen molar-refractivity contribution in [2.24, 2.45) is 0 Å². The Balaban J connectivity index is 2.92. The Labute approximate surface area is 123 Å². The van der Waals surface area contributed by atoms with Crippen LogP contribution in [0.3, 0.4) is 0 Å². The second kappa shape index (κ2) is 6.66. The Hall–Kier alpha value is -1.96. The van der Waals surface area contributed by atoms with Gasteiger partial charge in [0.15, 0.2) is 0 Å². The van der Waals surface area contributed by atoms with E-state index >= 15 is 0 Å². The van der Waals surface area contributed by atoms with Crippen LogP contribution in [0.25, 0.3) is 0 Å². The number of hydrogen-bond donors (Lipinski definition) is 3. The van der Waals surface area contributed by atoms with E-state index < -0.39 is 36.2 Å². The lowest BCUT2D eigenvalue weighted by Crippen LogP contribution is -2.44. The smallest absolute Gasteiger partial charge is 0.418 e. The maximum Gasteiger partial charge on any atom is 0.418 e. The van der Waals surface area contributed by atoms with Gasteiger partial charge in [0.2, 0.25) is 5.91 Å². The Morgan fingerprint density at radius 3 is 2.48 bits per heavy atom. The molecule has 3 N–H and O–H groups in total. The minimum absolute atomic E-state index is 0.0930. The number of alkyl halides is 3. The summed E-state index contributed by atoms with van der Waals surface area (Å²) in [7, 11) is 0. The quantitative estimate of drug-likeness (QED) is 0.777. The number of aliphatic carboxylic acids is 1.